The average molecular weight is 362 g/mol. The number of urea groups is 1. The topological polar surface area (TPSA) is 82.7 Å². The lowest BCUT2D eigenvalue weighted by Crippen LogP contribution is -2.20. The van der Waals surface area contributed by atoms with Crippen LogP contribution < -0.4 is 10.6 Å². The molecule has 2 aromatic heterocycles. The van der Waals surface area contributed by atoms with E-state index in [1.54, 1.807) is 12.3 Å². The molecule has 0 aliphatic heterocycles. The third-order valence-electron chi connectivity index (χ3n) is 3.98. The number of aromatic nitrogens is 3. The van der Waals surface area contributed by atoms with Crippen molar-refractivity contribution in [2.24, 2.45) is 0 Å². The number of nitrogens with zero attached hydrogens (tertiary/aromatic N) is 2. The molecule has 2 aromatic rings. The van der Waals surface area contributed by atoms with Crippen LogP contribution >= 0.6 is 15.9 Å². The van der Waals surface area contributed by atoms with Gasteiger partial charge in [-0.3, -0.25) is 10.4 Å². The molecule has 4 rings (SSSR count). The van der Waals surface area contributed by atoms with E-state index in [4.69, 9.17) is 0 Å². The number of rotatable bonds is 4. The molecule has 22 heavy (non-hydrogen) atoms. The second-order valence-corrected chi connectivity index (χ2v) is 6.74. The fraction of sp³-hybridized carbons (Fsp3) is 0.400. The van der Waals surface area contributed by atoms with Crippen molar-refractivity contribution < 1.29 is 4.79 Å². The maximum Gasteiger partial charge on any atom is 0.324 e. The van der Waals surface area contributed by atoms with Crippen molar-refractivity contribution in [3.8, 4) is 0 Å². The van der Waals surface area contributed by atoms with Crippen LogP contribution in [0.1, 0.15) is 48.9 Å². The number of halogens is 1. The molecule has 0 unspecified atom stereocenters. The van der Waals surface area contributed by atoms with Gasteiger partial charge in [0.2, 0.25) is 0 Å². The number of nitrogens with one attached hydrogen (secondary N) is 3. The van der Waals surface area contributed by atoms with Crippen molar-refractivity contribution in [1.29, 1.82) is 0 Å². The number of amides is 2. The standard InChI is InChI=1S/C15H16BrN5O/c16-10-5-6-12(19-13(10)8-1-2-8)20-15(22)18-11-7-17-21-14(11)9-3-4-9/h5-9H,1-4H2,(H,17,21)(H2,18,19,20,22). The maximum absolute atomic E-state index is 12.1. The number of aromatic amines is 1. The van der Waals surface area contributed by atoms with Gasteiger partial charge in [0, 0.05) is 16.3 Å². The molecule has 2 heterocycles. The summed E-state index contributed by atoms with van der Waals surface area (Å²) in [7, 11) is 0. The number of pyridine rings is 1. The highest BCUT2D eigenvalue weighted by Crippen LogP contribution is 2.43. The van der Waals surface area contributed by atoms with Crippen LogP contribution in [0.3, 0.4) is 0 Å². The van der Waals surface area contributed by atoms with E-state index >= 15 is 0 Å². The molecule has 0 aromatic carbocycles. The van der Waals surface area contributed by atoms with E-state index in [2.05, 4.69) is 41.7 Å². The van der Waals surface area contributed by atoms with E-state index < -0.39 is 0 Å². The van der Waals surface area contributed by atoms with Crippen molar-refractivity contribution in [3.63, 3.8) is 0 Å². The summed E-state index contributed by atoms with van der Waals surface area (Å²) in [4.78, 5) is 16.7. The SMILES string of the molecule is O=C(Nc1ccc(Br)c(C2CC2)n1)Nc1cn[nH]c1C1CC1. The average Bonchev–Trinajstić information content (AvgIpc) is 3.41. The van der Waals surface area contributed by atoms with E-state index in [-0.39, 0.29) is 6.03 Å². The molecule has 2 saturated carbocycles. The highest BCUT2D eigenvalue weighted by Gasteiger charge is 2.29. The van der Waals surface area contributed by atoms with Crippen molar-refractivity contribution >= 4 is 33.5 Å². The van der Waals surface area contributed by atoms with Gasteiger partial charge in [-0.1, -0.05) is 0 Å². The third-order valence-corrected chi connectivity index (χ3v) is 4.65. The summed E-state index contributed by atoms with van der Waals surface area (Å²) < 4.78 is 1.01. The second-order valence-electron chi connectivity index (χ2n) is 5.89. The quantitative estimate of drug-likeness (QED) is 0.770. The highest BCUT2D eigenvalue weighted by molar-refractivity contribution is 9.10. The summed E-state index contributed by atoms with van der Waals surface area (Å²) in [6.07, 6.45) is 6.29. The van der Waals surface area contributed by atoms with Crippen LogP contribution in [0.2, 0.25) is 0 Å². The van der Waals surface area contributed by atoms with Gasteiger partial charge in [-0.05, 0) is 53.7 Å². The van der Waals surface area contributed by atoms with E-state index in [1.807, 2.05) is 6.07 Å². The minimum atomic E-state index is -0.292. The molecule has 2 amide bonds. The molecule has 0 bridgehead atoms. The van der Waals surface area contributed by atoms with Gasteiger partial charge in [0.15, 0.2) is 0 Å². The number of carbonyl (C=O) groups is 1. The van der Waals surface area contributed by atoms with Gasteiger partial charge in [-0.25, -0.2) is 9.78 Å². The Balaban J connectivity index is 1.45. The second kappa shape index (κ2) is 5.39. The Bertz CT molecular complexity index is 720. The molecule has 0 radical (unpaired) electrons. The minimum absolute atomic E-state index is 0.292. The predicted octanol–water partition coefficient (Wildman–Crippen LogP) is 3.97. The lowest BCUT2D eigenvalue weighted by Gasteiger charge is -2.09. The Morgan fingerprint density at radius 2 is 1.95 bits per heavy atom. The van der Waals surface area contributed by atoms with Crippen LogP contribution in [0.25, 0.3) is 0 Å². The predicted molar refractivity (Wildman–Crippen MR) is 87.1 cm³/mol. The Kier molecular flexibility index (Phi) is 3.37. The summed E-state index contributed by atoms with van der Waals surface area (Å²) >= 11 is 3.51. The Hall–Kier alpha value is -1.89. The van der Waals surface area contributed by atoms with E-state index in [0.717, 1.165) is 34.4 Å². The molecule has 2 fully saturated rings. The van der Waals surface area contributed by atoms with Gasteiger partial charge in [-0.15, -0.1) is 0 Å². The molecule has 0 atom stereocenters. The van der Waals surface area contributed by atoms with Crippen LogP contribution in [-0.4, -0.2) is 21.2 Å². The van der Waals surface area contributed by atoms with E-state index in [0.29, 0.717) is 17.7 Å². The van der Waals surface area contributed by atoms with Crippen molar-refractivity contribution in [2.75, 3.05) is 10.6 Å². The van der Waals surface area contributed by atoms with Crippen molar-refractivity contribution in [3.05, 3.63) is 34.2 Å². The number of anilines is 2. The molecule has 6 nitrogen and oxygen atoms in total. The van der Waals surface area contributed by atoms with Gasteiger partial charge in [0.1, 0.15) is 5.82 Å². The maximum atomic E-state index is 12.1. The summed E-state index contributed by atoms with van der Waals surface area (Å²) in [5.74, 6) is 1.60. The summed E-state index contributed by atoms with van der Waals surface area (Å²) in [6, 6.07) is 3.44. The Morgan fingerprint density at radius 1 is 1.18 bits per heavy atom. The molecule has 0 saturated heterocycles. The summed E-state index contributed by atoms with van der Waals surface area (Å²) in [5.41, 5.74) is 2.79. The molecular formula is C15H16BrN5O. The van der Waals surface area contributed by atoms with Gasteiger partial charge in [0.05, 0.1) is 23.3 Å². The first-order valence-electron chi connectivity index (χ1n) is 7.48. The smallest absolute Gasteiger partial charge is 0.305 e. The molecule has 3 N–H and O–H groups in total. The van der Waals surface area contributed by atoms with Crippen LogP contribution in [0.5, 0.6) is 0 Å². The highest BCUT2D eigenvalue weighted by atomic mass is 79.9. The largest absolute Gasteiger partial charge is 0.324 e. The number of carbonyl (C=O) groups excluding carboxylic acids is 1. The van der Waals surface area contributed by atoms with Crippen LogP contribution in [0.15, 0.2) is 22.8 Å². The summed E-state index contributed by atoms with van der Waals surface area (Å²) in [5, 5.41) is 12.6. The van der Waals surface area contributed by atoms with E-state index in [9.17, 15) is 4.79 Å². The van der Waals surface area contributed by atoms with Gasteiger partial charge >= 0.3 is 6.03 Å². The number of H-pyrrole nitrogens is 1. The molecule has 114 valence electrons. The van der Waals surface area contributed by atoms with Crippen LogP contribution in [0.4, 0.5) is 16.3 Å². The molecule has 2 aliphatic rings. The Labute approximate surface area is 136 Å². The third kappa shape index (κ3) is 2.85. The molecule has 7 heteroatoms. The normalized spacial score (nSPS) is 17.3. The fourth-order valence-corrected chi connectivity index (χ4v) is 3.06. The Morgan fingerprint density at radius 3 is 2.68 bits per heavy atom. The zero-order valence-electron chi connectivity index (χ0n) is 11.9. The monoisotopic (exact) mass is 361 g/mol. The summed E-state index contributed by atoms with van der Waals surface area (Å²) in [6.45, 7) is 0. The van der Waals surface area contributed by atoms with Gasteiger partial charge in [0.25, 0.3) is 0 Å². The first-order chi connectivity index (χ1) is 10.7. The zero-order valence-corrected chi connectivity index (χ0v) is 13.5. The number of hydrogen-bond acceptors (Lipinski definition) is 3. The first kappa shape index (κ1) is 13.8. The lowest BCUT2D eigenvalue weighted by molar-refractivity contribution is 0.262. The van der Waals surface area contributed by atoms with Crippen LogP contribution in [0, 0.1) is 0 Å². The van der Waals surface area contributed by atoms with E-state index in [1.165, 1.54) is 12.8 Å². The fourth-order valence-electron chi connectivity index (χ4n) is 2.52. The van der Waals surface area contributed by atoms with Crippen molar-refractivity contribution in [1.82, 2.24) is 15.2 Å². The zero-order chi connectivity index (χ0) is 15.1. The minimum Gasteiger partial charge on any atom is -0.305 e. The van der Waals surface area contributed by atoms with Gasteiger partial charge < -0.3 is 5.32 Å². The lowest BCUT2D eigenvalue weighted by atomic mass is 10.2. The van der Waals surface area contributed by atoms with Gasteiger partial charge in [-0.2, -0.15) is 5.10 Å². The molecular weight excluding hydrogens is 346 g/mol. The van der Waals surface area contributed by atoms with Crippen molar-refractivity contribution in [2.45, 2.75) is 37.5 Å². The first-order valence-corrected chi connectivity index (χ1v) is 8.27. The molecule has 0 spiro atoms. The van der Waals surface area contributed by atoms with Crippen LogP contribution in [-0.2, 0) is 0 Å². The number of hydrogen-bond donors (Lipinski definition) is 3. The molecule has 2 aliphatic carbocycles.